The minimum Gasteiger partial charge on any atom is -0.398 e. The van der Waals surface area contributed by atoms with E-state index in [0.717, 1.165) is 21.3 Å². The number of rotatable bonds is 2. The number of amides is 1. The zero-order valence-corrected chi connectivity index (χ0v) is 12.4. The molecule has 1 amide bonds. The molecule has 0 bridgehead atoms. The minimum atomic E-state index is -0.192. The van der Waals surface area contributed by atoms with Gasteiger partial charge in [0.05, 0.1) is 5.56 Å². The van der Waals surface area contributed by atoms with Gasteiger partial charge in [-0.15, -0.1) is 0 Å². The van der Waals surface area contributed by atoms with Gasteiger partial charge >= 0.3 is 0 Å². The van der Waals surface area contributed by atoms with Crippen molar-refractivity contribution < 1.29 is 4.79 Å². The number of nitrogens with one attached hydrogen (secondary N) is 1. The number of nitrogen functional groups attached to an aromatic ring is 1. The third kappa shape index (κ3) is 2.96. The summed E-state index contributed by atoms with van der Waals surface area (Å²) in [5.74, 6) is -0.192. The van der Waals surface area contributed by atoms with Gasteiger partial charge < -0.3 is 11.1 Å². The van der Waals surface area contributed by atoms with Crippen molar-refractivity contribution in [2.45, 2.75) is 13.8 Å². The molecular weight excluding hydrogens is 304 g/mol. The summed E-state index contributed by atoms with van der Waals surface area (Å²) in [5.41, 5.74) is 9.70. The molecule has 2 aromatic rings. The van der Waals surface area contributed by atoms with Crippen LogP contribution in [-0.4, -0.2) is 5.91 Å². The third-order valence-electron chi connectivity index (χ3n) is 2.98. The van der Waals surface area contributed by atoms with Crippen LogP contribution in [0.5, 0.6) is 0 Å². The van der Waals surface area contributed by atoms with E-state index in [9.17, 15) is 4.79 Å². The van der Waals surface area contributed by atoms with Crippen LogP contribution in [0.25, 0.3) is 0 Å². The first-order chi connectivity index (χ1) is 8.99. The summed E-state index contributed by atoms with van der Waals surface area (Å²) in [6, 6.07) is 11.1. The SMILES string of the molecule is Cc1cccc(C)c1NC(=O)c1ccc(Br)cc1N. The number of aryl methyl sites for hydroxylation is 2. The van der Waals surface area contributed by atoms with Crippen LogP contribution >= 0.6 is 15.9 Å². The maximum atomic E-state index is 12.2. The first-order valence-corrected chi connectivity index (χ1v) is 6.71. The van der Waals surface area contributed by atoms with Crippen LogP contribution in [0.4, 0.5) is 11.4 Å². The van der Waals surface area contributed by atoms with E-state index in [0.29, 0.717) is 11.3 Å². The molecule has 0 aliphatic carbocycles. The van der Waals surface area contributed by atoms with Crippen molar-refractivity contribution >= 4 is 33.2 Å². The normalized spacial score (nSPS) is 10.3. The lowest BCUT2D eigenvalue weighted by atomic mass is 10.1. The Bertz CT molecular complexity index is 618. The Hall–Kier alpha value is -1.81. The molecule has 0 aromatic heterocycles. The highest BCUT2D eigenvalue weighted by Gasteiger charge is 2.12. The molecule has 0 aliphatic rings. The van der Waals surface area contributed by atoms with Crippen LogP contribution in [0.1, 0.15) is 21.5 Å². The van der Waals surface area contributed by atoms with Crippen LogP contribution in [0, 0.1) is 13.8 Å². The lowest BCUT2D eigenvalue weighted by Gasteiger charge is -2.12. The molecule has 2 aromatic carbocycles. The maximum absolute atomic E-state index is 12.2. The molecule has 98 valence electrons. The lowest BCUT2D eigenvalue weighted by Crippen LogP contribution is -2.15. The number of anilines is 2. The molecule has 0 radical (unpaired) electrons. The van der Waals surface area contributed by atoms with Crippen LogP contribution in [0.15, 0.2) is 40.9 Å². The van der Waals surface area contributed by atoms with Crippen molar-refractivity contribution in [2.24, 2.45) is 0 Å². The molecule has 0 spiro atoms. The number of para-hydroxylation sites is 1. The Balaban J connectivity index is 2.31. The summed E-state index contributed by atoms with van der Waals surface area (Å²) in [5, 5.41) is 2.92. The van der Waals surface area contributed by atoms with E-state index in [1.54, 1.807) is 18.2 Å². The molecule has 3 N–H and O–H groups in total. The Morgan fingerprint density at radius 3 is 2.37 bits per heavy atom. The monoisotopic (exact) mass is 318 g/mol. The number of benzene rings is 2. The molecule has 3 nitrogen and oxygen atoms in total. The largest absolute Gasteiger partial charge is 0.398 e. The van der Waals surface area contributed by atoms with Crippen LogP contribution < -0.4 is 11.1 Å². The molecule has 19 heavy (non-hydrogen) atoms. The van der Waals surface area contributed by atoms with Crippen LogP contribution in [-0.2, 0) is 0 Å². The van der Waals surface area contributed by atoms with E-state index in [1.807, 2.05) is 32.0 Å². The molecule has 0 saturated heterocycles. The maximum Gasteiger partial charge on any atom is 0.257 e. The molecule has 0 atom stereocenters. The topological polar surface area (TPSA) is 55.1 Å². The van der Waals surface area contributed by atoms with Gasteiger partial charge in [-0.25, -0.2) is 0 Å². The van der Waals surface area contributed by atoms with E-state index in [2.05, 4.69) is 21.2 Å². The van der Waals surface area contributed by atoms with E-state index >= 15 is 0 Å². The summed E-state index contributed by atoms with van der Waals surface area (Å²) < 4.78 is 0.855. The first-order valence-electron chi connectivity index (χ1n) is 5.91. The zero-order chi connectivity index (χ0) is 14.0. The average Bonchev–Trinajstić information content (AvgIpc) is 2.33. The van der Waals surface area contributed by atoms with Crippen molar-refractivity contribution in [2.75, 3.05) is 11.1 Å². The molecule has 0 aliphatic heterocycles. The van der Waals surface area contributed by atoms with Gasteiger partial charge in [0, 0.05) is 15.8 Å². The highest BCUT2D eigenvalue weighted by molar-refractivity contribution is 9.10. The molecule has 4 heteroatoms. The molecule has 2 rings (SSSR count). The minimum absolute atomic E-state index is 0.192. The van der Waals surface area contributed by atoms with Crippen LogP contribution in [0.2, 0.25) is 0 Å². The Morgan fingerprint density at radius 1 is 1.16 bits per heavy atom. The van der Waals surface area contributed by atoms with Crippen molar-refractivity contribution in [3.8, 4) is 0 Å². The highest BCUT2D eigenvalue weighted by Crippen LogP contribution is 2.23. The van der Waals surface area contributed by atoms with E-state index in [1.165, 1.54) is 0 Å². The van der Waals surface area contributed by atoms with E-state index < -0.39 is 0 Å². The lowest BCUT2D eigenvalue weighted by molar-refractivity contribution is 0.102. The fraction of sp³-hybridized carbons (Fsp3) is 0.133. The van der Waals surface area contributed by atoms with Gasteiger partial charge in [-0.3, -0.25) is 4.79 Å². The number of carbonyl (C=O) groups excluding carboxylic acids is 1. The zero-order valence-electron chi connectivity index (χ0n) is 10.8. The van der Waals surface area contributed by atoms with Gasteiger partial charge in [0.25, 0.3) is 5.91 Å². The second-order valence-electron chi connectivity index (χ2n) is 4.45. The van der Waals surface area contributed by atoms with Gasteiger partial charge in [0.2, 0.25) is 0 Å². The van der Waals surface area contributed by atoms with Gasteiger partial charge in [-0.05, 0) is 43.2 Å². The number of halogens is 1. The summed E-state index contributed by atoms with van der Waals surface area (Å²) in [6.07, 6.45) is 0. The molecule has 0 heterocycles. The Morgan fingerprint density at radius 2 is 1.79 bits per heavy atom. The van der Waals surface area contributed by atoms with Crippen molar-refractivity contribution in [3.63, 3.8) is 0 Å². The van der Waals surface area contributed by atoms with Gasteiger partial charge in [0.1, 0.15) is 0 Å². The summed E-state index contributed by atoms with van der Waals surface area (Å²) in [4.78, 5) is 12.2. The van der Waals surface area contributed by atoms with Crippen molar-refractivity contribution in [1.29, 1.82) is 0 Å². The van der Waals surface area contributed by atoms with Crippen LogP contribution in [0.3, 0.4) is 0 Å². The average molecular weight is 319 g/mol. The predicted molar refractivity (Wildman–Crippen MR) is 82.4 cm³/mol. The van der Waals surface area contributed by atoms with Gasteiger partial charge in [-0.2, -0.15) is 0 Å². The highest BCUT2D eigenvalue weighted by atomic mass is 79.9. The smallest absolute Gasteiger partial charge is 0.257 e. The second kappa shape index (κ2) is 5.45. The number of carbonyl (C=O) groups is 1. The fourth-order valence-electron chi connectivity index (χ4n) is 1.93. The molecule has 0 unspecified atom stereocenters. The Labute approximate surface area is 121 Å². The fourth-order valence-corrected chi connectivity index (χ4v) is 2.31. The van der Waals surface area contributed by atoms with Crippen molar-refractivity contribution in [3.05, 3.63) is 57.6 Å². The van der Waals surface area contributed by atoms with Gasteiger partial charge in [0.15, 0.2) is 0 Å². The number of nitrogens with two attached hydrogens (primary N) is 1. The molecule has 0 saturated carbocycles. The van der Waals surface area contributed by atoms with Gasteiger partial charge in [-0.1, -0.05) is 34.1 Å². The third-order valence-corrected chi connectivity index (χ3v) is 3.47. The number of hydrogen-bond acceptors (Lipinski definition) is 2. The Kier molecular flexibility index (Phi) is 3.90. The molecular formula is C15H15BrN2O. The summed E-state index contributed by atoms with van der Waals surface area (Å²) in [6.45, 7) is 3.93. The predicted octanol–water partition coefficient (Wildman–Crippen LogP) is 3.90. The van der Waals surface area contributed by atoms with E-state index in [-0.39, 0.29) is 5.91 Å². The summed E-state index contributed by atoms with van der Waals surface area (Å²) >= 11 is 3.32. The summed E-state index contributed by atoms with van der Waals surface area (Å²) in [7, 11) is 0. The number of hydrogen-bond donors (Lipinski definition) is 2. The van der Waals surface area contributed by atoms with Crippen molar-refractivity contribution in [1.82, 2.24) is 0 Å². The van der Waals surface area contributed by atoms with E-state index in [4.69, 9.17) is 5.73 Å². The molecule has 0 fully saturated rings. The quantitative estimate of drug-likeness (QED) is 0.825. The first kappa shape index (κ1) is 13.6. The second-order valence-corrected chi connectivity index (χ2v) is 5.37. The standard InChI is InChI=1S/C15H15BrN2O/c1-9-4-3-5-10(2)14(9)18-15(19)12-7-6-11(16)8-13(12)17/h3-8H,17H2,1-2H3,(H,18,19).